The lowest BCUT2D eigenvalue weighted by atomic mass is 10.0. The van der Waals surface area contributed by atoms with Crippen LogP contribution in [0.2, 0.25) is 0 Å². The summed E-state index contributed by atoms with van der Waals surface area (Å²) in [5, 5.41) is 4.06. The first-order valence-corrected chi connectivity index (χ1v) is 19.0. The summed E-state index contributed by atoms with van der Waals surface area (Å²) in [6, 6.07) is 63.1. The second-order valence-electron chi connectivity index (χ2n) is 14.2. The Balaban J connectivity index is 0.990. The number of hydrogen-bond donors (Lipinski definition) is 0. The van der Waals surface area contributed by atoms with Gasteiger partial charge in [0.1, 0.15) is 11.2 Å². The fraction of sp³-hybridized carbons (Fsp3) is 0. The Kier molecular flexibility index (Phi) is 6.65. The highest BCUT2D eigenvalue weighted by atomic mass is 16.3. The lowest BCUT2D eigenvalue weighted by molar-refractivity contribution is 0.670. The van der Waals surface area contributed by atoms with Crippen LogP contribution in [-0.4, -0.2) is 4.57 Å². The van der Waals surface area contributed by atoms with Crippen LogP contribution < -0.4 is 4.90 Å². The Morgan fingerprint density at radius 2 is 0.947 bits per heavy atom. The molecular formula is C54H36N2O. The molecule has 3 heteroatoms. The van der Waals surface area contributed by atoms with Gasteiger partial charge < -0.3 is 13.9 Å². The zero-order chi connectivity index (χ0) is 42.1. The van der Waals surface area contributed by atoms with Crippen LogP contribution in [0.5, 0.6) is 0 Å². The Labute approximate surface area is 337 Å². The van der Waals surface area contributed by atoms with Crippen LogP contribution in [0, 0.1) is 0 Å². The summed E-state index contributed by atoms with van der Waals surface area (Å²) >= 11 is 0. The zero-order valence-electron chi connectivity index (χ0n) is 35.7. The van der Waals surface area contributed by atoms with Crippen LogP contribution in [0.25, 0.3) is 82.8 Å². The maximum Gasteiger partial charge on any atom is 0.143 e. The largest absolute Gasteiger partial charge is 0.455 e. The minimum atomic E-state index is -0.410. The number of rotatable bonds is 7. The van der Waals surface area contributed by atoms with E-state index in [9.17, 15) is 0 Å². The van der Waals surface area contributed by atoms with Gasteiger partial charge in [-0.05, 0) is 101 Å². The molecule has 11 rings (SSSR count). The minimum absolute atomic E-state index is 0.135. The van der Waals surface area contributed by atoms with Crippen molar-refractivity contribution < 1.29 is 11.3 Å². The van der Waals surface area contributed by atoms with E-state index in [1.165, 1.54) is 0 Å². The quantitative estimate of drug-likeness (QED) is 0.163. The van der Waals surface area contributed by atoms with Gasteiger partial charge in [-0.25, -0.2) is 0 Å². The van der Waals surface area contributed by atoms with Crippen molar-refractivity contribution in [1.82, 2.24) is 4.57 Å². The van der Waals surface area contributed by atoms with Gasteiger partial charge in [0.05, 0.1) is 17.9 Å². The number of fused-ring (bicyclic) bond motifs is 6. The van der Waals surface area contributed by atoms with Crippen molar-refractivity contribution in [3.63, 3.8) is 0 Å². The molecule has 57 heavy (non-hydrogen) atoms. The Morgan fingerprint density at radius 1 is 0.404 bits per heavy atom. The van der Waals surface area contributed by atoms with Gasteiger partial charge in [0, 0.05) is 49.9 Å². The molecule has 0 saturated heterocycles. The third kappa shape index (κ3) is 5.68. The maximum absolute atomic E-state index is 8.76. The summed E-state index contributed by atoms with van der Waals surface area (Å²) in [5.74, 6) is 0. The summed E-state index contributed by atoms with van der Waals surface area (Å²) in [7, 11) is 0. The molecule has 0 N–H and O–H groups in total. The lowest BCUT2D eigenvalue weighted by Gasteiger charge is -2.26. The highest BCUT2D eigenvalue weighted by Crippen LogP contribution is 2.41. The third-order valence-corrected chi connectivity index (χ3v) is 10.9. The molecule has 11 aromatic rings. The van der Waals surface area contributed by atoms with Gasteiger partial charge in [0.15, 0.2) is 0 Å². The highest BCUT2D eigenvalue weighted by molar-refractivity contribution is 6.11. The molecule has 2 heterocycles. The van der Waals surface area contributed by atoms with E-state index in [1.807, 2.05) is 60.7 Å². The standard InChI is InChI=1S/C54H36N2O/c1-3-12-37(13-4-1)38-22-29-43(30-23-38)55(45-33-26-40(27-34-45)46-18-11-19-49-48-17-8-10-21-53(48)57-54(46)49)44-31-24-39(25-32-44)41-28-35-52-50(36-41)47-16-7-9-20-51(47)56(52)42-14-5-2-6-15-42/h1-36H/i2D,5D,6D,14D,15D. The molecule has 3 nitrogen and oxygen atoms in total. The Morgan fingerprint density at radius 3 is 1.67 bits per heavy atom. The van der Waals surface area contributed by atoms with E-state index in [0.29, 0.717) is 0 Å². The highest BCUT2D eigenvalue weighted by Gasteiger charge is 2.17. The predicted molar refractivity (Wildman–Crippen MR) is 239 cm³/mol. The number of benzene rings is 9. The first kappa shape index (κ1) is 27.9. The van der Waals surface area contributed by atoms with Crippen molar-refractivity contribution in [1.29, 1.82) is 0 Å². The van der Waals surface area contributed by atoms with E-state index >= 15 is 0 Å². The zero-order valence-corrected chi connectivity index (χ0v) is 30.7. The van der Waals surface area contributed by atoms with Gasteiger partial charge in [0.25, 0.3) is 0 Å². The van der Waals surface area contributed by atoms with Crippen molar-refractivity contribution in [2.24, 2.45) is 0 Å². The molecule has 0 atom stereocenters. The van der Waals surface area contributed by atoms with E-state index in [0.717, 1.165) is 94.2 Å². The number of hydrogen-bond acceptors (Lipinski definition) is 2. The van der Waals surface area contributed by atoms with E-state index in [-0.39, 0.29) is 29.9 Å². The smallest absolute Gasteiger partial charge is 0.143 e. The molecule has 0 fully saturated rings. The van der Waals surface area contributed by atoms with Crippen molar-refractivity contribution in [3.05, 3.63) is 218 Å². The predicted octanol–water partition coefficient (Wildman–Crippen LogP) is 15.2. The molecular weight excluding hydrogens is 693 g/mol. The van der Waals surface area contributed by atoms with Crippen molar-refractivity contribution in [2.75, 3.05) is 4.90 Å². The van der Waals surface area contributed by atoms with Crippen LogP contribution in [0.1, 0.15) is 6.85 Å². The first-order valence-electron chi connectivity index (χ1n) is 21.5. The van der Waals surface area contributed by atoms with Crippen LogP contribution in [0.3, 0.4) is 0 Å². The fourth-order valence-electron chi connectivity index (χ4n) is 8.20. The number of nitrogens with zero attached hydrogens (tertiary/aromatic N) is 2. The molecule has 0 aliphatic heterocycles. The second kappa shape index (κ2) is 13.6. The summed E-state index contributed by atoms with van der Waals surface area (Å²) in [6.07, 6.45) is 0. The number of furan rings is 1. The van der Waals surface area contributed by atoms with E-state index in [4.69, 9.17) is 11.3 Å². The number of para-hydroxylation sites is 4. The average molecular weight is 734 g/mol. The van der Waals surface area contributed by atoms with Crippen molar-refractivity contribution in [2.45, 2.75) is 0 Å². The molecule has 0 aliphatic rings. The topological polar surface area (TPSA) is 21.3 Å². The van der Waals surface area contributed by atoms with Gasteiger partial charge in [-0.15, -0.1) is 0 Å². The number of anilines is 3. The van der Waals surface area contributed by atoms with Gasteiger partial charge >= 0.3 is 0 Å². The first-order chi connectivity index (χ1) is 30.3. The number of aromatic nitrogens is 1. The third-order valence-electron chi connectivity index (χ3n) is 10.9. The van der Waals surface area contributed by atoms with Crippen LogP contribution >= 0.6 is 0 Å². The van der Waals surface area contributed by atoms with E-state index in [2.05, 4.69) is 132 Å². The molecule has 268 valence electrons. The van der Waals surface area contributed by atoms with Gasteiger partial charge in [0.2, 0.25) is 0 Å². The molecule has 0 amide bonds. The molecule has 0 spiro atoms. The van der Waals surface area contributed by atoms with Gasteiger partial charge in [-0.1, -0.05) is 146 Å². The molecule has 0 bridgehead atoms. The molecule has 0 radical (unpaired) electrons. The van der Waals surface area contributed by atoms with E-state index < -0.39 is 6.04 Å². The van der Waals surface area contributed by atoms with Crippen LogP contribution in [-0.2, 0) is 0 Å². The lowest BCUT2D eigenvalue weighted by Crippen LogP contribution is -2.09. The minimum Gasteiger partial charge on any atom is -0.455 e. The molecule has 2 aromatic heterocycles. The van der Waals surface area contributed by atoms with Crippen molar-refractivity contribution in [3.8, 4) is 39.1 Å². The SMILES string of the molecule is [2H]c1c([2H])c([2H])c(-n2c3ccccc3c3cc(-c4ccc(N(c5ccc(-c6ccccc6)cc5)c5ccc(-c6cccc7c6oc6ccccc67)cc5)cc4)ccc32)c([2H])c1[2H]. The van der Waals surface area contributed by atoms with E-state index in [1.54, 1.807) is 4.57 Å². The maximum atomic E-state index is 8.76. The second-order valence-corrected chi connectivity index (χ2v) is 14.2. The summed E-state index contributed by atoms with van der Waals surface area (Å²) in [5.41, 5.74) is 12.9. The fourth-order valence-corrected chi connectivity index (χ4v) is 8.20. The monoisotopic (exact) mass is 733 g/mol. The summed E-state index contributed by atoms with van der Waals surface area (Å²) in [4.78, 5) is 2.26. The van der Waals surface area contributed by atoms with Crippen LogP contribution in [0.4, 0.5) is 17.1 Å². The molecule has 0 aliphatic carbocycles. The Bertz CT molecular complexity index is 3480. The normalized spacial score (nSPS) is 12.7. The van der Waals surface area contributed by atoms with Gasteiger partial charge in [-0.3, -0.25) is 0 Å². The Hall–Kier alpha value is -7.62. The van der Waals surface area contributed by atoms with Crippen molar-refractivity contribution >= 4 is 60.8 Å². The van der Waals surface area contributed by atoms with Crippen LogP contribution in [0.15, 0.2) is 223 Å². The average Bonchev–Trinajstić information content (AvgIpc) is 3.87. The van der Waals surface area contributed by atoms with Gasteiger partial charge in [-0.2, -0.15) is 0 Å². The summed E-state index contributed by atoms with van der Waals surface area (Å²) in [6.45, 7) is 0. The molecule has 0 unspecified atom stereocenters. The summed E-state index contributed by atoms with van der Waals surface area (Å²) < 4.78 is 50.6. The molecule has 0 saturated carbocycles. The molecule has 9 aromatic carbocycles.